The second-order valence-corrected chi connectivity index (χ2v) is 6.38. The standard InChI is InChI=1S/C12H13BrClN3S/c1-4-15-11-6(2)7(3)16-12(17-11)9-5-8(13)10(14)18-9/h5H,4H2,1-3H3,(H,15,16,17). The maximum atomic E-state index is 6.05. The number of hydrogen-bond acceptors (Lipinski definition) is 4. The molecule has 0 aliphatic carbocycles. The molecule has 96 valence electrons. The molecule has 0 aliphatic heterocycles. The summed E-state index contributed by atoms with van der Waals surface area (Å²) >= 11 is 10.9. The van der Waals surface area contributed by atoms with Gasteiger partial charge in [0, 0.05) is 22.3 Å². The third-order valence-corrected chi connectivity index (χ3v) is 5.07. The Balaban J connectivity index is 2.51. The molecule has 0 fully saturated rings. The van der Waals surface area contributed by atoms with Crippen molar-refractivity contribution in [1.29, 1.82) is 0 Å². The molecule has 0 amide bonds. The van der Waals surface area contributed by atoms with Gasteiger partial charge in [0.25, 0.3) is 0 Å². The summed E-state index contributed by atoms with van der Waals surface area (Å²) in [5.74, 6) is 1.60. The first kappa shape index (κ1) is 13.8. The first-order chi connectivity index (χ1) is 8.52. The van der Waals surface area contributed by atoms with Gasteiger partial charge in [-0.3, -0.25) is 0 Å². The summed E-state index contributed by atoms with van der Waals surface area (Å²) < 4.78 is 1.60. The van der Waals surface area contributed by atoms with E-state index in [1.54, 1.807) is 0 Å². The van der Waals surface area contributed by atoms with E-state index in [1.165, 1.54) is 11.3 Å². The first-order valence-corrected chi connectivity index (χ1v) is 7.56. The van der Waals surface area contributed by atoms with Gasteiger partial charge in [0.1, 0.15) is 10.2 Å². The van der Waals surface area contributed by atoms with Crippen molar-refractivity contribution in [3.05, 3.63) is 26.1 Å². The topological polar surface area (TPSA) is 37.8 Å². The van der Waals surface area contributed by atoms with E-state index in [0.29, 0.717) is 5.82 Å². The highest BCUT2D eigenvalue weighted by atomic mass is 79.9. The number of aromatic nitrogens is 2. The van der Waals surface area contributed by atoms with E-state index in [1.807, 2.05) is 19.9 Å². The molecule has 0 saturated carbocycles. The van der Waals surface area contributed by atoms with Crippen molar-refractivity contribution in [3.8, 4) is 10.7 Å². The van der Waals surface area contributed by atoms with Gasteiger partial charge in [0.15, 0.2) is 5.82 Å². The van der Waals surface area contributed by atoms with Crippen LogP contribution >= 0.6 is 38.9 Å². The van der Waals surface area contributed by atoms with Gasteiger partial charge >= 0.3 is 0 Å². The number of nitrogens with zero attached hydrogens (tertiary/aromatic N) is 2. The van der Waals surface area contributed by atoms with Crippen LogP contribution in [0.3, 0.4) is 0 Å². The number of halogens is 2. The smallest absolute Gasteiger partial charge is 0.171 e. The molecule has 0 spiro atoms. The molecule has 0 aliphatic rings. The van der Waals surface area contributed by atoms with E-state index in [2.05, 4.69) is 38.1 Å². The molecule has 2 rings (SSSR count). The SMILES string of the molecule is CCNc1nc(-c2cc(Br)c(Cl)s2)nc(C)c1C. The van der Waals surface area contributed by atoms with E-state index in [-0.39, 0.29) is 0 Å². The van der Waals surface area contributed by atoms with Crippen molar-refractivity contribution in [2.45, 2.75) is 20.8 Å². The lowest BCUT2D eigenvalue weighted by molar-refractivity contribution is 1.05. The molecule has 0 aromatic carbocycles. The van der Waals surface area contributed by atoms with Crippen LogP contribution in [-0.2, 0) is 0 Å². The minimum absolute atomic E-state index is 0.714. The molecule has 0 radical (unpaired) electrons. The van der Waals surface area contributed by atoms with Gasteiger partial charge in [-0.2, -0.15) is 0 Å². The minimum atomic E-state index is 0.714. The Labute approximate surface area is 124 Å². The zero-order chi connectivity index (χ0) is 13.3. The van der Waals surface area contributed by atoms with Crippen LogP contribution in [0.2, 0.25) is 4.34 Å². The summed E-state index contributed by atoms with van der Waals surface area (Å²) in [6.45, 7) is 6.90. The molecule has 2 aromatic rings. The van der Waals surface area contributed by atoms with Gasteiger partial charge in [-0.25, -0.2) is 9.97 Å². The van der Waals surface area contributed by atoms with E-state index < -0.39 is 0 Å². The average molecular weight is 347 g/mol. The molecule has 2 aromatic heterocycles. The average Bonchev–Trinajstić information content (AvgIpc) is 2.65. The number of thiophene rings is 1. The molecule has 6 heteroatoms. The van der Waals surface area contributed by atoms with Gasteiger partial charge in [-0.15, -0.1) is 11.3 Å². The van der Waals surface area contributed by atoms with Crippen molar-refractivity contribution >= 4 is 44.7 Å². The Kier molecular flexibility index (Phi) is 4.25. The third-order valence-electron chi connectivity index (χ3n) is 2.60. The van der Waals surface area contributed by atoms with Crippen molar-refractivity contribution in [2.75, 3.05) is 11.9 Å². The van der Waals surface area contributed by atoms with Crippen LogP contribution in [-0.4, -0.2) is 16.5 Å². The van der Waals surface area contributed by atoms with Crippen molar-refractivity contribution < 1.29 is 0 Å². The summed E-state index contributed by atoms with van der Waals surface area (Å²) in [5.41, 5.74) is 2.07. The molecule has 18 heavy (non-hydrogen) atoms. The summed E-state index contributed by atoms with van der Waals surface area (Å²) in [7, 11) is 0. The van der Waals surface area contributed by atoms with Gasteiger partial charge < -0.3 is 5.32 Å². The van der Waals surface area contributed by atoms with Crippen LogP contribution in [0.1, 0.15) is 18.2 Å². The van der Waals surface area contributed by atoms with E-state index in [4.69, 9.17) is 11.6 Å². The van der Waals surface area contributed by atoms with Crippen molar-refractivity contribution in [1.82, 2.24) is 9.97 Å². The second kappa shape index (κ2) is 5.55. The van der Waals surface area contributed by atoms with Gasteiger partial charge in [-0.05, 0) is 42.8 Å². The zero-order valence-electron chi connectivity index (χ0n) is 10.3. The van der Waals surface area contributed by atoms with Crippen LogP contribution in [0, 0.1) is 13.8 Å². The number of aryl methyl sites for hydroxylation is 1. The van der Waals surface area contributed by atoms with Crippen LogP contribution < -0.4 is 5.32 Å². The highest BCUT2D eigenvalue weighted by Crippen LogP contribution is 2.37. The Morgan fingerprint density at radius 2 is 2.11 bits per heavy atom. The lowest BCUT2D eigenvalue weighted by Crippen LogP contribution is -2.05. The number of rotatable bonds is 3. The van der Waals surface area contributed by atoms with Crippen molar-refractivity contribution in [3.63, 3.8) is 0 Å². The van der Waals surface area contributed by atoms with Crippen LogP contribution in [0.15, 0.2) is 10.5 Å². The normalized spacial score (nSPS) is 10.7. The van der Waals surface area contributed by atoms with E-state index in [9.17, 15) is 0 Å². The quantitative estimate of drug-likeness (QED) is 0.877. The number of anilines is 1. The summed E-state index contributed by atoms with van der Waals surface area (Å²) in [4.78, 5) is 10.0. The highest BCUT2D eigenvalue weighted by molar-refractivity contribution is 9.10. The van der Waals surface area contributed by atoms with Gasteiger partial charge in [0.05, 0.1) is 4.88 Å². The predicted molar refractivity (Wildman–Crippen MR) is 81.7 cm³/mol. The van der Waals surface area contributed by atoms with Crippen molar-refractivity contribution in [2.24, 2.45) is 0 Å². The fourth-order valence-corrected chi connectivity index (χ4v) is 3.17. The molecular formula is C12H13BrClN3S. The molecule has 0 atom stereocenters. The predicted octanol–water partition coefficient (Wildman–Crippen LogP) is 4.67. The lowest BCUT2D eigenvalue weighted by Gasteiger charge is -2.10. The van der Waals surface area contributed by atoms with E-state index >= 15 is 0 Å². The number of hydrogen-bond donors (Lipinski definition) is 1. The Hall–Kier alpha value is -0.650. The lowest BCUT2D eigenvalue weighted by atomic mass is 10.2. The molecule has 1 N–H and O–H groups in total. The Morgan fingerprint density at radius 1 is 1.39 bits per heavy atom. The Morgan fingerprint density at radius 3 is 2.67 bits per heavy atom. The Bertz CT molecular complexity index is 563. The molecule has 2 heterocycles. The summed E-state index contributed by atoms with van der Waals surface area (Å²) in [6.07, 6.45) is 0. The highest BCUT2D eigenvalue weighted by Gasteiger charge is 2.13. The molecular weight excluding hydrogens is 334 g/mol. The van der Waals surface area contributed by atoms with E-state index in [0.717, 1.165) is 37.3 Å². The molecule has 0 bridgehead atoms. The van der Waals surface area contributed by atoms with Crippen LogP contribution in [0.25, 0.3) is 10.7 Å². The molecule has 3 nitrogen and oxygen atoms in total. The molecule has 0 unspecified atom stereocenters. The maximum Gasteiger partial charge on any atom is 0.171 e. The molecule has 0 saturated heterocycles. The maximum absolute atomic E-state index is 6.05. The zero-order valence-corrected chi connectivity index (χ0v) is 13.5. The van der Waals surface area contributed by atoms with Crippen LogP contribution in [0.5, 0.6) is 0 Å². The second-order valence-electron chi connectivity index (χ2n) is 3.87. The van der Waals surface area contributed by atoms with Crippen LogP contribution in [0.4, 0.5) is 5.82 Å². The van der Waals surface area contributed by atoms with Gasteiger partial charge in [0.2, 0.25) is 0 Å². The first-order valence-electron chi connectivity index (χ1n) is 5.57. The largest absolute Gasteiger partial charge is 0.370 e. The third kappa shape index (κ3) is 2.68. The monoisotopic (exact) mass is 345 g/mol. The number of nitrogens with one attached hydrogen (secondary N) is 1. The summed E-state index contributed by atoms with van der Waals surface area (Å²) in [6, 6.07) is 1.95. The minimum Gasteiger partial charge on any atom is -0.370 e. The summed E-state index contributed by atoms with van der Waals surface area (Å²) in [5, 5.41) is 3.26. The fraction of sp³-hybridized carbons (Fsp3) is 0.333. The fourth-order valence-electron chi connectivity index (χ4n) is 1.54. The van der Waals surface area contributed by atoms with Gasteiger partial charge in [-0.1, -0.05) is 11.6 Å².